The molecule has 0 spiro atoms. The van der Waals surface area contributed by atoms with Gasteiger partial charge in [0.2, 0.25) is 0 Å². The standard InChI is InChI=1S/C19H15ClFN5/c20-15-5-17-14(9-25-19(17)26-10-15)3-12-1-2-18(23-7-12)24-8-13-4-16(21)11-22-6-13/h1-2,4-7,9-11H,3,8H2,(H,23,24)(H,25,26). The van der Waals surface area contributed by atoms with Crippen LogP contribution < -0.4 is 5.32 Å². The summed E-state index contributed by atoms with van der Waals surface area (Å²) in [6.07, 6.45) is 8.92. The fourth-order valence-corrected chi connectivity index (χ4v) is 2.94. The highest BCUT2D eigenvalue weighted by Gasteiger charge is 2.07. The Kier molecular flexibility index (Phi) is 4.50. The number of hydrogen-bond acceptors (Lipinski definition) is 4. The molecule has 0 aliphatic heterocycles. The Bertz CT molecular complexity index is 1050. The summed E-state index contributed by atoms with van der Waals surface area (Å²) in [6.45, 7) is 0.462. The molecule has 0 aliphatic carbocycles. The van der Waals surface area contributed by atoms with Crippen LogP contribution in [0.15, 0.2) is 55.2 Å². The van der Waals surface area contributed by atoms with Crippen LogP contribution in [0, 0.1) is 5.82 Å². The summed E-state index contributed by atoms with van der Waals surface area (Å²) in [6, 6.07) is 7.27. The maximum Gasteiger partial charge on any atom is 0.141 e. The minimum Gasteiger partial charge on any atom is -0.366 e. The van der Waals surface area contributed by atoms with Crippen molar-refractivity contribution in [3.8, 4) is 0 Å². The molecule has 0 aromatic carbocycles. The second-order valence-corrected chi connectivity index (χ2v) is 6.39. The van der Waals surface area contributed by atoms with E-state index in [-0.39, 0.29) is 5.82 Å². The molecule has 5 nitrogen and oxygen atoms in total. The van der Waals surface area contributed by atoms with Gasteiger partial charge in [0.05, 0.1) is 11.2 Å². The second-order valence-electron chi connectivity index (χ2n) is 5.96. The van der Waals surface area contributed by atoms with E-state index in [1.54, 1.807) is 12.4 Å². The van der Waals surface area contributed by atoms with E-state index in [0.717, 1.165) is 40.0 Å². The van der Waals surface area contributed by atoms with Crippen LogP contribution in [-0.2, 0) is 13.0 Å². The Labute approximate surface area is 154 Å². The number of pyridine rings is 3. The molecule has 0 unspecified atom stereocenters. The van der Waals surface area contributed by atoms with Gasteiger partial charge in [-0.25, -0.2) is 14.4 Å². The number of rotatable bonds is 5. The third-order valence-corrected chi connectivity index (χ3v) is 4.24. The van der Waals surface area contributed by atoms with Crippen molar-refractivity contribution in [3.05, 3.63) is 82.8 Å². The number of H-pyrrole nitrogens is 1. The molecule has 0 amide bonds. The van der Waals surface area contributed by atoms with Crippen molar-refractivity contribution in [1.82, 2.24) is 19.9 Å². The maximum atomic E-state index is 13.1. The molecule has 0 atom stereocenters. The Hall–Kier alpha value is -2.99. The lowest BCUT2D eigenvalue weighted by molar-refractivity contribution is 0.619. The number of aromatic amines is 1. The van der Waals surface area contributed by atoms with Gasteiger partial charge in [-0.15, -0.1) is 0 Å². The minimum atomic E-state index is -0.346. The first kappa shape index (κ1) is 16.5. The summed E-state index contributed by atoms with van der Waals surface area (Å²) in [5.41, 5.74) is 3.77. The van der Waals surface area contributed by atoms with Crippen LogP contribution in [0.3, 0.4) is 0 Å². The van der Waals surface area contributed by atoms with Gasteiger partial charge >= 0.3 is 0 Å². The Morgan fingerprint density at radius 3 is 2.77 bits per heavy atom. The molecule has 0 saturated carbocycles. The van der Waals surface area contributed by atoms with Gasteiger partial charge in [0.25, 0.3) is 0 Å². The number of hydrogen-bond donors (Lipinski definition) is 2. The molecule has 7 heteroatoms. The van der Waals surface area contributed by atoms with Crippen LogP contribution in [0.25, 0.3) is 11.0 Å². The first-order valence-electron chi connectivity index (χ1n) is 8.07. The molecule has 0 aliphatic rings. The summed E-state index contributed by atoms with van der Waals surface area (Å²) in [5, 5.41) is 4.79. The van der Waals surface area contributed by atoms with Crippen LogP contribution >= 0.6 is 11.6 Å². The predicted molar refractivity (Wildman–Crippen MR) is 99.7 cm³/mol. The van der Waals surface area contributed by atoms with E-state index in [2.05, 4.69) is 25.3 Å². The van der Waals surface area contributed by atoms with Crippen LogP contribution in [-0.4, -0.2) is 19.9 Å². The van der Waals surface area contributed by atoms with Crippen LogP contribution in [0.4, 0.5) is 10.2 Å². The highest BCUT2D eigenvalue weighted by molar-refractivity contribution is 6.31. The van der Waals surface area contributed by atoms with E-state index >= 15 is 0 Å². The monoisotopic (exact) mass is 367 g/mol. The van der Waals surface area contributed by atoms with Crippen LogP contribution in [0.5, 0.6) is 0 Å². The third kappa shape index (κ3) is 3.65. The summed E-state index contributed by atoms with van der Waals surface area (Å²) >= 11 is 6.04. The number of nitrogens with zero attached hydrogens (tertiary/aromatic N) is 3. The number of halogens is 2. The third-order valence-electron chi connectivity index (χ3n) is 4.04. The van der Waals surface area contributed by atoms with Crippen molar-refractivity contribution >= 4 is 28.5 Å². The first-order chi connectivity index (χ1) is 12.7. The van der Waals surface area contributed by atoms with Crippen molar-refractivity contribution in [2.75, 3.05) is 5.32 Å². The molecule has 0 bridgehead atoms. The van der Waals surface area contributed by atoms with Gasteiger partial charge < -0.3 is 10.3 Å². The van der Waals surface area contributed by atoms with Gasteiger partial charge in [-0.2, -0.15) is 0 Å². The van der Waals surface area contributed by atoms with Gasteiger partial charge in [-0.05, 0) is 34.9 Å². The second kappa shape index (κ2) is 7.09. The molecular weight excluding hydrogens is 353 g/mol. The van der Waals surface area contributed by atoms with Gasteiger partial charge in [0.15, 0.2) is 0 Å². The maximum absolute atomic E-state index is 13.1. The summed E-state index contributed by atoms with van der Waals surface area (Å²) < 4.78 is 13.1. The highest BCUT2D eigenvalue weighted by atomic mass is 35.5. The normalized spacial score (nSPS) is 11.0. The Morgan fingerprint density at radius 2 is 1.96 bits per heavy atom. The van der Waals surface area contributed by atoms with E-state index in [1.165, 1.54) is 12.3 Å². The summed E-state index contributed by atoms with van der Waals surface area (Å²) in [7, 11) is 0. The van der Waals surface area contributed by atoms with E-state index in [9.17, 15) is 4.39 Å². The SMILES string of the molecule is Fc1cncc(CNc2ccc(Cc3c[nH]c4ncc(Cl)cc34)cn2)c1. The molecule has 0 saturated heterocycles. The zero-order valence-corrected chi connectivity index (χ0v) is 14.5. The zero-order valence-electron chi connectivity index (χ0n) is 13.7. The zero-order chi connectivity index (χ0) is 17.9. The van der Waals surface area contributed by atoms with Gasteiger partial charge in [0.1, 0.15) is 17.3 Å². The van der Waals surface area contributed by atoms with Crippen molar-refractivity contribution in [2.45, 2.75) is 13.0 Å². The first-order valence-corrected chi connectivity index (χ1v) is 8.45. The molecule has 4 aromatic heterocycles. The number of aromatic nitrogens is 4. The topological polar surface area (TPSA) is 66.5 Å². The molecule has 130 valence electrons. The summed E-state index contributed by atoms with van der Waals surface area (Å²) in [4.78, 5) is 15.7. The van der Waals surface area contributed by atoms with E-state index in [4.69, 9.17) is 11.6 Å². The lowest BCUT2D eigenvalue weighted by atomic mass is 10.1. The van der Waals surface area contributed by atoms with Gasteiger partial charge in [0, 0.05) is 43.1 Å². The van der Waals surface area contributed by atoms with Crippen LogP contribution in [0.1, 0.15) is 16.7 Å². The van der Waals surface area contributed by atoms with Crippen molar-refractivity contribution in [1.29, 1.82) is 0 Å². The van der Waals surface area contributed by atoms with E-state index < -0.39 is 0 Å². The Morgan fingerprint density at radius 1 is 1.04 bits per heavy atom. The minimum absolute atomic E-state index is 0.346. The predicted octanol–water partition coefficient (Wildman–Crippen LogP) is 4.35. The molecule has 0 fully saturated rings. The van der Waals surface area contributed by atoms with Crippen molar-refractivity contribution < 1.29 is 4.39 Å². The number of fused-ring (bicyclic) bond motifs is 1. The highest BCUT2D eigenvalue weighted by Crippen LogP contribution is 2.22. The summed E-state index contributed by atoms with van der Waals surface area (Å²) in [5.74, 6) is 0.377. The van der Waals surface area contributed by atoms with Crippen molar-refractivity contribution in [3.63, 3.8) is 0 Å². The average Bonchev–Trinajstić information content (AvgIpc) is 3.03. The molecule has 26 heavy (non-hydrogen) atoms. The van der Waals surface area contributed by atoms with Crippen LogP contribution in [0.2, 0.25) is 5.02 Å². The van der Waals surface area contributed by atoms with Gasteiger partial charge in [-0.1, -0.05) is 17.7 Å². The van der Waals surface area contributed by atoms with Crippen molar-refractivity contribution in [2.24, 2.45) is 0 Å². The average molecular weight is 368 g/mol. The van der Waals surface area contributed by atoms with E-state index in [0.29, 0.717) is 11.6 Å². The molecular formula is C19H15ClFN5. The lowest BCUT2D eigenvalue weighted by Gasteiger charge is -2.07. The molecule has 2 N–H and O–H groups in total. The fourth-order valence-electron chi connectivity index (χ4n) is 2.78. The molecule has 4 heterocycles. The smallest absolute Gasteiger partial charge is 0.141 e. The Balaban J connectivity index is 1.44. The largest absolute Gasteiger partial charge is 0.366 e. The number of nitrogens with one attached hydrogen (secondary N) is 2. The number of anilines is 1. The fraction of sp³-hybridized carbons (Fsp3) is 0.105. The van der Waals surface area contributed by atoms with E-state index in [1.807, 2.05) is 30.6 Å². The lowest BCUT2D eigenvalue weighted by Crippen LogP contribution is -2.02. The molecule has 0 radical (unpaired) electrons. The van der Waals surface area contributed by atoms with Gasteiger partial charge in [-0.3, -0.25) is 4.98 Å². The molecule has 4 aromatic rings. The molecule has 4 rings (SSSR count). The quantitative estimate of drug-likeness (QED) is 0.550.